The molecule has 0 amide bonds. The van der Waals surface area contributed by atoms with E-state index in [1.807, 2.05) is 11.9 Å². The van der Waals surface area contributed by atoms with E-state index in [4.69, 9.17) is 4.42 Å². The first-order chi connectivity index (χ1) is 10.8. The first-order valence-corrected chi connectivity index (χ1v) is 7.66. The summed E-state index contributed by atoms with van der Waals surface area (Å²) in [5.41, 5.74) is 0.682. The van der Waals surface area contributed by atoms with Gasteiger partial charge in [0.1, 0.15) is 28.2 Å². The summed E-state index contributed by atoms with van der Waals surface area (Å²) in [5, 5.41) is 30.9. The van der Waals surface area contributed by atoms with Crippen molar-refractivity contribution < 1.29 is 19.7 Å². The molecule has 23 heavy (non-hydrogen) atoms. The van der Waals surface area contributed by atoms with Crippen molar-refractivity contribution in [2.45, 2.75) is 32.3 Å². The summed E-state index contributed by atoms with van der Waals surface area (Å²) in [6, 6.07) is 1.16. The van der Waals surface area contributed by atoms with Gasteiger partial charge < -0.3 is 24.6 Å². The van der Waals surface area contributed by atoms with Gasteiger partial charge in [-0.25, -0.2) is 0 Å². The normalized spacial score (nSPS) is 22.6. The first-order valence-electron chi connectivity index (χ1n) is 7.66. The smallest absolute Gasteiger partial charge is 0.199 e. The number of piperidine rings is 1. The van der Waals surface area contributed by atoms with Gasteiger partial charge in [0.15, 0.2) is 5.43 Å². The SMILES string of the molecule is Cc1oc2c(C3CCN(C)CC3O)c(O)cc(O)c2c(=O)c1C. The second kappa shape index (κ2) is 5.54. The summed E-state index contributed by atoms with van der Waals surface area (Å²) in [5.74, 6) is -0.369. The van der Waals surface area contributed by atoms with Gasteiger partial charge >= 0.3 is 0 Å². The van der Waals surface area contributed by atoms with E-state index >= 15 is 0 Å². The number of fused-ring (bicyclic) bond motifs is 1. The molecule has 0 bridgehead atoms. The van der Waals surface area contributed by atoms with E-state index in [1.165, 1.54) is 0 Å². The van der Waals surface area contributed by atoms with Gasteiger partial charge in [0.2, 0.25) is 0 Å². The molecule has 0 spiro atoms. The Balaban J connectivity index is 2.31. The minimum Gasteiger partial charge on any atom is -0.507 e. The van der Waals surface area contributed by atoms with Crippen molar-refractivity contribution in [3.05, 3.63) is 33.2 Å². The Morgan fingerprint density at radius 3 is 2.61 bits per heavy atom. The highest BCUT2D eigenvalue weighted by Crippen LogP contribution is 2.41. The lowest BCUT2D eigenvalue weighted by Gasteiger charge is -2.34. The fourth-order valence-corrected chi connectivity index (χ4v) is 3.33. The summed E-state index contributed by atoms with van der Waals surface area (Å²) in [7, 11) is 1.92. The molecule has 2 aromatic rings. The number of nitrogens with zero attached hydrogens (tertiary/aromatic N) is 1. The van der Waals surface area contributed by atoms with E-state index in [0.29, 0.717) is 29.9 Å². The van der Waals surface area contributed by atoms with E-state index in [9.17, 15) is 20.1 Å². The van der Waals surface area contributed by atoms with Crippen molar-refractivity contribution in [1.29, 1.82) is 0 Å². The van der Waals surface area contributed by atoms with Gasteiger partial charge in [-0.2, -0.15) is 0 Å². The average molecular weight is 319 g/mol. The largest absolute Gasteiger partial charge is 0.507 e. The van der Waals surface area contributed by atoms with Crippen molar-refractivity contribution >= 4 is 11.0 Å². The number of benzene rings is 1. The number of rotatable bonds is 1. The maximum absolute atomic E-state index is 12.5. The van der Waals surface area contributed by atoms with Gasteiger partial charge in [-0.05, 0) is 33.9 Å². The van der Waals surface area contributed by atoms with Crippen LogP contribution in [-0.4, -0.2) is 46.5 Å². The fraction of sp³-hybridized carbons (Fsp3) is 0.471. The number of aliphatic hydroxyl groups excluding tert-OH is 1. The molecule has 0 radical (unpaired) electrons. The number of phenols is 2. The van der Waals surface area contributed by atoms with Crippen molar-refractivity contribution in [3.8, 4) is 11.5 Å². The quantitative estimate of drug-likeness (QED) is 0.739. The van der Waals surface area contributed by atoms with Crippen LogP contribution in [0.4, 0.5) is 0 Å². The number of hydrogen-bond donors (Lipinski definition) is 3. The zero-order chi connectivity index (χ0) is 16.9. The number of aliphatic hydroxyl groups is 1. The lowest BCUT2D eigenvalue weighted by molar-refractivity contribution is 0.0630. The number of β-amino-alcohol motifs (C(OH)–C–C–N with tert-alkyl or cyclic N) is 1. The first kappa shape index (κ1) is 15.8. The molecule has 2 unspecified atom stereocenters. The number of aryl methyl sites for hydroxylation is 1. The summed E-state index contributed by atoms with van der Waals surface area (Å²) >= 11 is 0. The molecule has 3 N–H and O–H groups in total. The molecular formula is C17H21NO5. The second-order valence-electron chi connectivity index (χ2n) is 6.37. The zero-order valence-corrected chi connectivity index (χ0v) is 13.5. The number of aromatic hydroxyl groups is 2. The van der Waals surface area contributed by atoms with Gasteiger partial charge in [0.25, 0.3) is 0 Å². The second-order valence-corrected chi connectivity index (χ2v) is 6.37. The number of hydrogen-bond acceptors (Lipinski definition) is 6. The van der Waals surface area contributed by atoms with E-state index in [-0.39, 0.29) is 33.8 Å². The molecule has 124 valence electrons. The van der Waals surface area contributed by atoms with Gasteiger partial charge in [0, 0.05) is 29.7 Å². The molecule has 2 atom stereocenters. The van der Waals surface area contributed by atoms with Gasteiger partial charge in [-0.3, -0.25) is 4.79 Å². The van der Waals surface area contributed by atoms with E-state index in [2.05, 4.69) is 0 Å². The van der Waals surface area contributed by atoms with Gasteiger partial charge in [0.05, 0.1) is 6.10 Å². The number of likely N-dealkylation sites (N-methyl/N-ethyl adjacent to an activating group) is 1. The van der Waals surface area contributed by atoms with Crippen LogP contribution < -0.4 is 5.43 Å². The molecule has 6 heteroatoms. The Labute approximate surface area is 133 Å². The third-order valence-corrected chi connectivity index (χ3v) is 4.78. The molecule has 2 heterocycles. The topological polar surface area (TPSA) is 94.1 Å². The monoisotopic (exact) mass is 319 g/mol. The van der Waals surface area contributed by atoms with Crippen LogP contribution in [0.3, 0.4) is 0 Å². The molecule has 1 saturated heterocycles. The third kappa shape index (κ3) is 2.48. The summed E-state index contributed by atoms with van der Waals surface area (Å²) in [6.07, 6.45) is -0.0545. The molecular weight excluding hydrogens is 298 g/mol. The Morgan fingerprint density at radius 2 is 1.96 bits per heavy atom. The summed E-state index contributed by atoms with van der Waals surface area (Å²) in [4.78, 5) is 14.5. The predicted octanol–water partition coefficient (Wildman–Crippen LogP) is 1.60. The lowest BCUT2D eigenvalue weighted by Crippen LogP contribution is -2.40. The minimum atomic E-state index is -0.681. The van der Waals surface area contributed by atoms with Crippen LogP contribution in [0.15, 0.2) is 15.3 Å². The molecule has 1 fully saturated rings. The molecule has 1 aliphatic rings. The van der Waals surface area contributed by atoms with Crippen molar-refractivity contribution in [2.24, 2.45) is 0 Å². The van der Waals surface area contributed by atoms with Crippen LogP contribution in [-0.2, 0) is 0 Å². The average Bonchev–Trinajstić information content (AvgIpc) is 2.46. The van der Waals surface area contributed by atoms with Crippen LogP contribution in [0.2, 0.25) is 0 Å². The van der Waals surface area contributed by atoms with Crippen molar-refractivity contribution in [1.82, 2.24) is 4.90 Å². The Morgan fingerprint density at radius 1 is 1.26 bits per heavy atom. The maximum atomic E-state index is 12.5. The van der Waals surface area contributed by atoms with Gasteiger partial charge in [-0.15, -0.1) is 0 Å². The molecule has 1 aliphatic heterocycles. The van der Waals surface area contributed by atoms with Crippen LogP contribution >= 0.6 is 0 Å². The van der Waals surface area contributed by atoms with Crippen LogP contribution in [0, 0.1) is 13.8 Å². The molecule has 1 aromatic carbocycles. The van der Waals surface area contributed by atoms with E-state index < -0.39 is 6.10 Å². The Bertz CT molecular complexity index is 826. The Hall–Kier alpha value is -2.05. The zero-order valence-electron chi connectivity index (χ0n) is 13.5. The van der Waals surface area contributed by atoms with Crippen LogP contribution in [0.5, 0.6) is 11.5 Å². The van der Waals surface area contributed by atoms with Crippen molar-refractivity contribution in [3.63, 3.8) is 0 Å². The number of likely N-dealkylation sites (tertiary alicyclic amines) is 1. The van der Waals surface area contributed by atoms with Crippen LogP contribution in [0.1, 0.15) is 29.2 Å². The highest BCUT2D eigenvalue weighted by Gasteiger charge is 2.33. The molecule has 0 saturated carbocycles. The predicted molar refractivity (Wildman–Crippen MR) is 86.1 cm³/mol. The van der Waals surface area contributed by atoms with Crippen molar-refractivity contribution in [2.75, 3.05) is 20.1 Å². The van der Waals surface area contributed by atoms with E-state index in [0.717, 1.165) is 12.6 Å². The standard InChI is InChI=1S/C17H21NO5/c1-8-9(2)23-17-14(10-4-5-18(3)7-13(10)21)11(19)6-12(20)15(17)16(8)22/h6,10,13,19-21H,4-5,7H2,1-3H3. The lowest BCUT2D eigenvalue weighted by atomic mass is 9.85. The Kier molecular flexibility index (Phi) is 3.82. The van der Waals surface area contributed by atoms with Crippen LogP contribution in [0.25, 0.3) is 11.0 Å². The van der Waals surface area contributed by atoms with E-state index in [1.54, 1.807) is 13.8 Å². The highest BCUT2D eigenvalue weighted by atomic mass is 16.3. The number of phenolic OH excluding ortho intramolecular Hbond substituents is 2. The molecule has 0 aliphatic carbocycles. The molecule has 3 rings (SSSR count). The van der Waals surface area contributed by atoms with Gasteiger partial charge in [-0.1, -0.05) is 0 Å². The minimum absolute atomic E-state index is 0.0621. The summed E-state index contributed by atoms with van der Waals surface area (Å²) in [6.45, 7) is 4.54. The molecule has 6 nitrogen and oxygen atoms in total. The highest BCUT2D eigenvalue weighted by molar-refractivity contribution is 5.89. The summed E-state index contributed by atoms with van der Waals surface area (Å²) < 4.78 is 5.75. The fourth-order valence-electron chi connectivity index (χ4n) is 3.33. The molecule has 1 aromatic heterocycles. The third-order valence-electron chi connectivity index (χ3n) is 4.78. The maximum Gasteiger partial charge on any atom is 0.199 e.